The number of aliphatic hydroxyl groups is 5. The van der Waals surface area contributed by atoms with Gasteiger partial charge < -0.3 is 80.0 Å². The molecule has 39 heteroatoms. The molecule has 0 radical (unpaired) electrons. The number of carboxylic acid groups (broad SMARTS) is 1. The topological polar surface area (TPSA) is 558 Å². The van der Waals surface area contributed by atoms with Gasteiger partial charge in [0.1, 0.15) is 53.3 Å². The zero-order valence-corrected chi connectivity index (χ0v) is 55.2. The molecule has 4 heterocycles. The summed E-state index contributed by atoms with van der Waals surface area (Å²) >= 11 is 0. The lowest BCUT2D eigenvalue weighted by atomic mass is 9.80. The van der Waals surface area contributed by atoms with Crippen LogP contribution >= 0.6 is 0 Å². The number of carbonyl (C=O) groups is 5. The number of aryl methyl sites for hydroxylation is 2. The summed E-state index contributed by atoms with van der Waals surface area (Å²) < 4.78 is 141. The summed E-state index contributed by atoms with van der Waals surface area (Å²) in [7, 11) is -15.5. The molecular weight excluding hydrogens is 1380 g/mol. The maximum absolute atomic E-state index is 14.6. The summed E-state index contributed by atoms with van der Waals surface area (Å²) in [4.78, 5) is 95.1. The number of unbranched alkanes of at least 4 members (excludes halogenated alkanes) is 1. The van der Waals surface area contributed by atoms with E-state index < -0.39 is 213 Å². The molecule has 5 aromatic rings. The van der Waals surface area contributed by atoms with Crippen LogP contribution in [0.4, 0.5) is 5.69 Å². The minimum Gasteiger partial charge on any atom is -0.479 e. The van der Waals surface area contributed by atoms with Crippen LogP contribution in [0.15, 0.2) is 91.1 Å². The molecule has 2 aliphatic carbocycles. The van der Waals surface area contributed by atoms with E-state index in [1.807, 2.05) is 4.98 Å². The Labute approximate surface area is 563 Å². The van der Waals surface area contributed by atoms with Gasteiger partial charge in [0.15, 0.2) is 24.8 Å². The molecular formula is C60H76N8O28S3. The first kappa shape index (κ1) is 75.6. The Morgan fingerprint density at radius 2 is 1.46 bits per heavy atom. The number of ether oxygens (including phenoxy) is 6. The first-order valence-electron chi connectivity index (χ1n) is 31.5. The van der Waals surface area contributed by atoms with Gasteiger partial charge in [0.05, 0.1) is 51.6 Å². The molecule has 14 N–H and O–H groups in total. The number of aromatic amines is 2. The van der Waals surface area contributed by atoms with Crippen molar-refractivity contribution in [3.05, 3.63) is 105 Å². The second kappa shape index (κ2) is 32.4. The van der Waals surface area contributed by atoms with Gasteiger partial charge in [-0.25, -0.2) is 14.4 Å². The zero-order chi connectivity index (χ0) is 71.8. The van der Waals surface area contributed by atoms with E-state index in [2.05, 4.69) is 31.2 Å². The summed E-state index contributed by atoms with van der Waals surface area (Å²) in [6.07, 6.45) is -17.4. The van der Waals surface area contributed by atoms with E-state index in [0.717, 1.165) is 25.3 Å². The molecule has 0 bridgehead atoms. The molecule has 4 fully saturated rings. The van der Waals surface area contributed by atoms with E-state index in [1.54, 1.807) is 12.3 Å². The predicted molar refractivity (Wildman–Crippen MR) is 336 cm³/mol. The fraction of sp³-hybridized carbons (Fsp3) is 0.550. The van der Waals surface area contributed by atoms with E-state index in [9.17, 15) is 103 Å². The number of H-pyrrole nitrogens is 2. The van der Waals surface area contributed by atoms with Gasteiger partial charge in [-0.1, -0.05) is 55.5 Å². The molecule has 14 unspecified atom stereocenters. The average Bonchev–Trinajstić information content (AvgIpc) is 0.876. The molecule has 36 nitrogen and oxygen atoms in total. The SMILES string of the molecule is CC1OC(OC2C(NC(=O)c3cc(=O)[nH]c(=O)[nH]3)CC(C(=O)NCCCc3cn(CCCCC(=O)Nc4cc(S(=O)(=O)O)cc5cc(S(=O)(=O)O)cc(S(=O)(=O)O)c45)nn3)CC2OC2OC(CO)C(O)C(O[C@@H](CC3CCCCC3)C(=O)O)C2OC(=O)c2ccccc2)C(O)C(O)C1O. The molecule has 2 saturated heterocycles. The zero-order valence-electron chi connectivity index (χ0n) is 52.8. The number of hydrogen-bond acceptors (Lipinski definition) is 26. The lowest BCUT2D eigenvalue weighted by Crippen LogP contribution is -2.65. The van der Waals surface area contributed by atoms with Crippen molar-refractivity contribution in [3.63, 3.8) is 0 Å². The van der Waals surface area contributed by atoms with Crippen molar-refractivity contribution in [2.24, 2.45) is 11.8 Å². The Balaban J connectivity index is 0.927. The third kappa shape index (κ3) is 19.3. The second-order valence-electron chi connectivity index (χ2n) is 24.6. The maximum Gasteiger partial charge on any atom is 0.338 e. The highest BCUT2D eigenvalue weighted by atomic mass is 32.2. The maximum atomic E-state index is 14.6. The number of rotatable bonds is 28. The van der Waals surface area contributed by atoms with Gasteiger partial charge in [0.2, 0.25) is 11.8 Å². The number of aliphatic carboxylic acids is 1. The number of amides is 3. The molecule has 2 aliphatic heterocycles. The van der Waals surface area contributed by atoms with Crippen molar-refractivity contribution < 1.29 is 122 Å². The van der Waals surface area contributed by atoms with Crippen LogP contribution in [0.25, 0.3) is 10.8 Å². The number of aliphatic hydroxyl groups excluding tert-OH is 5. The first-order chi connectivity index (χ1) is 46.7. The predicted octanol–water partition coefficient (Wildman–Crippen LogP) is -0.675. The van der Waals surface area contributed by atoms with E-state index in [-0.39, 0.29) is 69.5 Å². The molecule has 3 amide bonds. The van der Waals surface area contributed by atoms with Gasteiger partial charge in [-0.05, 0) is 99.6 Å². The Morgan fingerprint density at radius 1 is 0.768 bits per heavy atom. The number of nitrogens with one attached hydrogen (secondary N) is 5. The van der Waals surface area contributed by atoms with E-state index in [1.165, 1.54) is 35.9 Å². The number of hydrogen-bond donors (Lipinski definition) is 14. The third-order valence-corrected chi connectivity index (χ3v) is 20.0. The van der Waals surface area contributed by atoms with E-state index in [0.29, 0.717) is 42.8 Å². The van der Waals surface area contributed by atoms with Gasteiger partial charge >= 0.3 is 17.6 Å². The minimum absolute atomic E-state index is 0.0187. The highest BCUT2D eigenvalue weighted by molar-refractivity contribution is 7.87. The quantitative estimate of drug-likeness (QED) is 0.0168. The van der Waals surface area contributed by atoms with Crippen molar-refractivity contribution in [1.82, 2.24) is 35.6 Å². The van der Waals surface area contributed by atoms with E-state index in [4.69, 9.17) is 28.4 Å². The van der Waals surface area contributed by atoms with Crippen LogP contribution in [0.5, 0.6) is 0 Å². The number of carbonyl (C=O) groups excluding carboxylic acids is 4. The lowest BCUT2D eigenvalue weighted by molar-refractivity contribution is -0.347. The molecule has 2 saturated carbocycles. The Hall–Kier alpha value is -7.58. The van der Waals surface area contributed by atoms with Crippen LogP contribution in [-0.4, -0.2) is 223 Å². The highest BCUT2D eigenvalue weighted by Crippen LogP contribution is 2.40. The minimum atomic E-state index is -5.31. The molecule has 15 atom stereocenters. The van der Waals surface area contributed by atoms with Crippen LogP contribution in [0.1, 0.15) is 111 Å². The standard InChI is InChI=1S/C60H76N8O28S3/c1-29-47(72)49(74)50(75)58(91-29)96-51-38(63-55(77)39-26-45(71)65-60(81)64-39)22-33(23-40(51)93-59-53(95-57(80)31-13-6-3-7-14-31)52(48(73)42(28-69)94-59)92-41(56(78)79)19-30-11-4-2-5-12-30)54(76)61-17-10-15-34-27-68(67-66-34)18-9-8-16-44(70)62-37-24-35(97(82,83)84)20-32-21-36(98(85,86)87)25-43(46(32)37)99(88,89)90/h3,6-7,13-14,20-21,24-27,29-30,33,38,40-42,47-53,58-59,69,72-75H,2,4-5,8-12,15-19,22-23,28H2,1H3,(H,61,76)(H,62,70)(H,63,77)(H,78,79)(H,82,83,84)(H,85,86,87)(H,88,89,90)(H2,64,65,71,81)/t29?,33?,38?,40?,41-,42?,47?,48?,49?,50?,51?,52?,53?,58?,59?/m0/s1. The van der Waals surface area contributed by atoms with Gasteiger partial charge in [0, 0.05) is 43.1 Å². The van der Waals surface area contributed by atoms with Gasteiger partial charge in [-0.3, -0.25) is 42.5 Å². The average molecular weight is 1450 g/mol. The van der Waals surface area contributed by atoms with Crippen LogP contribution in [0, 0.1) is 11.8 Å². The normalized spacial score (nSPS) is 26.6. The number of benzene rings is 3. The molecule has 0 spiro atoms. The van der Waals surface area contributed by atoms with Crippen LogP contribution in [-0.2, 0) is 86.1 Å². The van der Waals surface area contributed by atoms with Gasteiger partial charge in [-0.15, -0.1) is 5.10 Å². The number of carboxylic acids is 1. The van der Waals surface area contributed by atoms with Crippen LogP contribution in [0.3, 0.4) is 0 Å². The Bertz CT molecular complexity index is 4180. The second-order valence-corrected chi connectivity index (χ2v) is 28.8. The Morgan fingerprint density at radius 3 is 2.12 bits per heavy atom. The summed E-state index contributed by atoms with van der Waals surface area (Å²) in [5, 5.41) is 81.2. The number of fused-ring (bicyclic) bond motifs is 1. The number of anilines is 1. The number of esters is 1. The van der Waals surface area contributed by atoms with Crippen molar-refractivity contribution >= 4 is 76.5 Å². The summed E-state index contributed by atoms with van der Waals surface area (Å²) in [6, 6.07) is 9.13. The van der Waals surface area contributed by atoms with Gasteiger partial charge in [-0.2, -0.15) is 25.3 Å². The van der Waals surface area contributed by atoms with Crippen molar-refractivity contribution in [1.29, 1.82) is 0 Å². The van der Waals surface area contributed by atoms with Gasteiger partial charge in [0.25, 0.3) is 41.8 Å². The van der Waals surface area contributed by atoms with Crippen molar-refractivity contribution in [3.8, 4) is 0 Å². The largest absolute Gasteiger partial charge is 0.479 e. The summed E-state index contributed by atoms with van der Waals surface area (Å²) in [5.74, 6) is -6.37. The number of nitrogens with zero attached hydrogens (tertiary/aromatic N) is 3. The molecule has 99 heavy (non-hydrogen) atoms. The monoisotopic (exact) mass is 1450 g/mol. The van der Waals surface area contributed by atoms with E-state index >= 15 is 0 Å². The van der Waals surface area contributed by atoms with Crippen molar-refractivity contribution in [2.45, 2.75) is 197 Å². The van der Waals surface area contributed by atoms with Crippen molar-refractivity contribution in [2.75, 3.05) is 18.5 Å². The fourth-order valence-corrected chi connectivity index (χ4v) is 14.4. The highest BCUT2D eigenvalue weighted by Gasteiger charge is 2.55. The first-order valence-corrected chi connectivity index (χ1v) is 35.8. The molecule has 2 aromatic heterocycles. The van der Waals surface area contributed by atoms with Crippen LogP contribution in [0.2, 0.25) is 0 Å². The smallest absolute Gasteiger partial charge is 0.338 e. The third-order valence-electron chi connectivity index (χ3n) is 17.5. The summed E-state index contributed by atoms with van der Waals surface area (Å²) in [6.45, 7) is 0.549. The molecule has 3 aromatic carbocycles. The number of aromatic nitrogens is 5. The summed E-state index contributed by atoms with van der Waals surface area (Å²) in [5.41, 5.74) is -2.77. The van der Waals surface area contributed by atoms with Crippen LogP contribution < -0.4 is 27.2 Å². The molecule has 4 aliphatic rings. The molecule has 542 valence electrons. The lowest BCUT2D eigenvalue weighted by Gasteiger charge is -2.48. The molecule has 9 rings (SSSR count). The fourth-order valence-electron chi connectivity index (χ4n) is 12.5. The Kier molecular flexibility index (Phi) is 24.7.